The number of nitrogens with zero attached hydrogens (tertiary/aromatic N) is 1. The maximum Gasteiger partial charge on any atom is 0.200 e. The van der Waals surface area contributed by atoms with Crippen LogP contribution >= 0.6 is 0 Å². The van der Waals surface area contributed by atoms with Crippen molar-refractivity contribution in [3.8, 4) is 0 Å². The molecule has 0 aliphatic carbocycles. The summed E-state index contributed by atoms with van der Waals surface area (Å²) in [6.45, 7) is 1.97. The van der Waals surface area contributed by atoms with Crippen molar-refractivity contribution in [2.45, 2.75) is 13.1 Å². The predicted octanol–water partition coefficient (Wildman–Crippen LogP) is 10.9. The van der Waals surface area contributed by atoms with E-state index in [9.17, 15) is 52.7 Å². The van der Waals surface area contributed by atoms with E-state index in [0.717, 1.165) is 17.6 Å². The van der Waals surface area contributed by atoms with Gasteiger partial charge in [0, 0.05) is 11.1 Å². The van der Waals surface area contributed by atoms with E-state index in [-0.39, 0.29) is 0 Å². The quantitative estimate of drug-likeness (QED) is 0.0445. The topological polar surface area (TPSA) is 0 Å². The molecule has 67 heavy (non-hydrogen) atoms. The Labute approximate surface area is 364 Å². The highest BCUT2D eigenvalue weighted by Gasteiger charge is 2.52. The van der Waals surface area contributed by atoms with E-state index in [1.54, 1.807) is 0 Å². The zero-order valence-electron chi connectivity index (χ0n) is 33.2. The molecule has 0 radical (unpaired) electrons. The van der Waals surface area contributed by atoms with Gasteiger partial charge < -0.3 is 0 Å². The summed E-state index contributed by atoms with van der Waals surface area (Å²) in [7, 11) is 2.31. The van der Waals surface area contributed by atoms with Gasteiger partial charge >= 0.3 is 0 Å². The maximum atomic E-state index is 15.4. The molecule has 0 bridgehead atoms. The van der Waals surface area contributed by atoms with Crippen LogP contribution < -0.4 is 26.3 Å². The molecule has 0 aromatic heterocycles. The SMILES string of the molecule is C[N+](Cc1ccccc1)(Cc1ccccc1)c1ccccc1.Fc1c(F)c(F)c([B-](c2c(F)c(F)c(F)c(F)c2F)(c2c(F)c(F)c(F)c(F)c2F)c2c(F)c(F)c(F)c(F)c2F)c(F)c1F. The second kappa shape index (κ2) is 18.8. The molecule has 0 aliphatic heterocycles. The molecule has 0 N–H and O–H groups in total. The van der Waals surface area contributed by atoms with Gasteiger partial charge in [0.1, 0.15) is 71.5 Å². The molecule has 1 nitrogen and oxygen atoms in total. The summed E-state index contributed by atoms with van der Waals surface area (Å²) in [6, 6.07) is 32.3. The lowest BCUT2D eigenvalue weighted by Gasteiger charge is -2.44. The second-order valence-electron chi connectivity index (χ2n) is 14.8. The zero-order valence-corrected chi connectivity index (χ0v) is 33.2. The van der Waals surface area contributed by atoms with Crippen LogP contribution in [0.1, 0.15) is 11.1 Å². The molecule has 7 rings (SSSR count). The molecule has 7 aromatic carbocycles. The van der Waals surface area contributed by atoms with Gasteiger partial charge in [-0.1, -0.05) is 78.9 Å². The Morgan fingerprint density at radius 1 is 0.269 bits per heavy atom. The van der Waals surface area contributed by atoms with Crippen LogP contribution in [-0.4, -0.2) is 13.2 Å². The lowest BCUT2D eigenvalue weighted by atomic mass is 9.12. The van der Waals surface area contributed by atoms with E-state index in [2.05, 4.69) is 98.0 Å². The molecule has 0 saturated carbocycles. The monoisotopic (exact) mass is 967 g/mol. The molecular formula is C45H22BF20N. The van der Waals surface area contributed by atoms with Crippen LogP contribution in [0.15, 0.2) is 91.0 Å². The minimum Gasteiger partial charge on any atom is -0.286 e. The fourth-order valence-corrected chi connectivity index (χ4v) is 7.87. The van der Waals surface area contributed by atoms with Crippen molar-refractivity contribution in [3.05, 3.63) is 218 Å². The number of quaternary nitrogens is 1. The predicted molar refractivity (Wildman–Crippen MR) is 204 cm³/mol. The van der Waals surface area contributed by atoms with Gasteiger partial charge in [0.15, 0.2) is 69.8 Å². The Bertz CT molecular complexity index is 2600. The van der Waals surface area contributed by atoms with Crippen LogP contribution in [0.5, 0.6) is 0 Å². The van der Waals surface area contributed by atoms with E-state index in [0.29, 0.717) is 0 Å². The molecule has 0 atom stereocenters. The first-order valence-electron chi connectivity index (χ1n) is 18.7. The largest absolute Gasteiger partial charge is 0.286 e. The molecule has 350 valence electrons. The Hall–Kier alpha value is -6.84. The Balaban J connectivity index is 0.000000279. The van der Waals surface area contributed by atoms with Crippen molar-refractivity contribution in [1.82, 2.24) is 4.48 Å². The average Bonchev–Trinajstić information content (AvgIpc) is 3.32. The first-order valence-corrected chi connectivity index (χ1v) is 18.7. The molecule has 0 spiro atoms. The molecule has 7 aromatic rings. The van der Waals surface area contributed by atoms with Crippen molar-refractivity contribution in [1.29, 1.82) is 0 Å². The molecule has 0 amide bonds. The van der Waals surface area contributed by atoms with Gasteiger partial charge in [0.05, 0.1) is 7.05 Å². The van der Waals surface area contributed by atoms with Crippen molar-refractivity contribution in [2.75, 3.05) is 7.05 Å². The Morgan fingerprint density at radius 3 is 0.657 bits per heavy atom. The molecule has 0 heterocycles. The number of para-hydroxylation sites is 1. The molecule has 0 saturated heterocycles. The van der Waals surface area contributed by atoms with E-state index in [1.807, 2.05) is 0 Å². The second-order valence-corrected chi connectivity index (χ2v) is 14.8. The number of benzene rings is 7. The van der Waals surface area contributed by atoms with Gasteiger partial charge in [-0.05, 0) is 12.1 Å². The van der Waals surface area contributed by atoms with Crippen molar-refractivity contribution in [2.24, 2.45) is 0 Å². The number of halogens is 20. The third-order valence-corrected chi connectivity index (χ3v) is 10.8. The van der Waals surface area contributed by atoms with Crippen LogP contribution in [0.4, 0.5) is 93.5 Å². The summed E-state index contributed by atoms with van der Waals surface area (Å²) < 4.78 is 295. The first-order chi connectivity index (χ1) is 31.5. The van der Waals surface area contributed by atoms with Crippen molar-refractivity contribution in [3.63, 3.8) is 0 Å². The van der Waals surface area contributed by atoms with Crippen LogP contribution in [0.25, 0.3) is 0 Å². The van der Waals surface area contributed by atoms with E-state index >= 15 is 35.1 Å². The van der Waals surface area contributed by atoms with Gasteiger partial charge in [-0.2, -0.15) is 0 Å². The molecule has 0 unspecified atom stereocenters. The van der Waals surface area contributed by atoms with Crippen LogP contribution in [0, 0.1) is 116 Å². The zero-order chi connectivity index (χ0) is 49.6. The van der Waals surface area contributed by atoms with E-state index in [1.165, 1.54) is 16.8 Å². The minimum absolute atomic E-state index is 0.870. The van der Waals surface area contributed by atoms with E-state index in [4.69, 9.17) is 0 Å². The summed E-state index contributed by atoms with van der Waals surface area (Å²) in [5.41, 5.74) is -10.3. The summed E-state index contributed by atoms with van der Waals surface area (Å²) in [4.78, 5) is 0. The Kier molecular flexibility index (Phi) is 13.9. The standard InChI is InChI=1S/C24BF20.C21H22N/c26-5-1(6(27)14(35)21(42)13(5)34)25(2-7(28)15(36)22(43)16(37)8(2)29,3-9(30)17(38)23(44)18(39)10(3)31)4-11(32)19(40)24(45)20(41)12(4)33;1-22(21-15-9-4-10-16-21,17-19-11-5-2-6-12-19)18-20-13-7-3-8-14-20/h;2-16H,17-18H2,1H3/q-1;+1. The van der Waals surface area contributed by atoms with Gasteiger partial charge in [-0.15, -0.1) is 21.9 Å². The summed E-state index contributed by atoms with van der Waals surface area (Å²) >= 11 is 0. The van der Waals surface area contributed by atoms with Crippen LogP contribution in [-0.2, 0) is 13.1 Å². The Morgan fingerprint density at radius 2 is 0.448 bits per heavy atom. The minimum atomic E-state index is -7.22. The van der Waals surface area contributed by atoms with E-state index < -0.39 is 144 Å². The highest BCUT2D eigenvalue weighted by Crippen LogP contribution is 2.31. The number of rotatable bonds is 9. The van der Waals surface area contributed by atoms with Gasteiger partial charge in [-0.25, -0.2) is 87.8 Å². The molecule has 0 aliphatic rings. The summed E-state index contributed by atoms with van der Waals surface area (Å²) in [6.07, 6.45) is -7.22. The lowest BCUT2D eigenvalue weighted by Crippen LogP contribution is -2.81. The highest BCUT2D eigenvalue weighted by atomic mass is 19.2. The lowest BCUT2D eigenvalue weighted by molar-refractivity contribution is 0.314. The third kappa shape index (κ3) is 8.24. The molecule has 22 heteroatoms. The molecule has 0 fully saturated rings. The normalized spacial score (nSPS) is 11.8. The van der Waals surface area contributed by atoms with Crippen molar-refractivity contribution < 1.29 is 87.8 Å². The van der Waals surface area contributed by atoms with Crippen LogP contribution in [0.2, 0.25) is 0 Å². The fourth-order valence-electron chi connectivity index (χ4n) is 7.87. The summed E-state index contributed by atoms with van der Waals surface area (Å²) in [5, 5.41) is 0. The van der Waals surface area contributed by atoms with Crippen LogP contribution in [0.3, 0.4) is 0 Å². The smallest absolute Gasteiger partial charge is 0.200 e. The van der Waals surface area contributed by atoms with Gasteiger partial charge in [-0.3, -0.25) is 4.48 Å². The molecular weight excluding hydrogens is 945 g/mol. The maximum absolute atomic E-state index is 15.4. The summed E-state index contributed by atoms with van der Waals surface area (Å²) in [5.74, 6) is -71.4. The average molecular weight is 967 g/mol. The van der Waals surface area contributed by atoms with Gasteiger partial charge in [0.25, 0.3) is 0 Å². The van der Waals surface area contributed by atoms with Crippen molar-refractivity contribution >= 4 is 33.7 Å². The van der Waals surface area contributed by atoms with Gasteiger partial charge in [0.2, 0.25) is 0 Å². The fraction of sp³-hybridized carbons (Fsp3) is 0.0667. The third-order valence-electron chi connectivity index (χ3n) is 10.8. The highest BCUT2D eigenvalue weighted by molar-refractivity contribution is 7.20. The first kappa shape index (κ1) is 49.6. The number of hydrogen-bond donors (Lipinski definition) is 0. The number of hydrogen-bond acceptors (Lipinski definition) is 0.